The Bertz CT molecular complexity index is 815. The molecule has 4 aliphatic rings. The Morgan fingerprint density at radius 1 is 1.13 bits per heavy atom. The zero-order valence-electron chi connectivity index (χ0n) is 21.6. The molecule has 0 aromatic rings. The Morgan fingerprint density at radius 2 is 1.77 bits per heavy atom. The number of ketones is 1. The molecule has 174 valence electrons. The van der Waals surface area contributed by atoms with Crippen molar-refractivity contribution in [1.82, 2.24) is 0 Å². The van der Waals surface area contributed by atoms with E-state index in [-0.39, 0.29) is 10.5 Å². The van der Waals surface area contributed by atoms with Crippen molar-refractivity contribution in [3.05, 3.63) is 23.3 Å². The highest BCUT2D eigenvalue weighted by Crippen LogP contribution is 2.66. The van der Waals surface area contributed by atoms with Gasteiger partial charge in [0, 0.05) is 6.10 Å². The molecule has 3 heteroatoms. The van der Waals surface area contributed by atoms with Crippen LogP contribution in [0.3, 0.4) is 0 Å². The molecule has 2 fully saturated rings. The molecule has 0 spiro atoms. The van der Waals surface area contributed by atoms with Crippen molar-refractivity contribution in [2.24, 2.45) is 34.5 Å². The fourth-order valence-corrected chi connectivity index (χ4v) is 9.32. The first-order valence-electron chi connectivity index (χ1n) is 12.8. The Balaban J connectivity index is 1.57. The summed E-state index contributed by atoms with van der Waals surface area (Å²) in [7, 11) is -1.73. The lowest BCUT2D eigenvalue weighted by Gasteiger charge is -2.58. The molecule has 0 aromatic carbocycles. The summed E-state index contributed by atoms with van der Waals surface area (Å²) in [5.74, 6) is 2.93. The van der Waals surface area contributed by atoms with Gasteiger partial charge in [-0.25, -0.2) is 0 Å². The van der Waals surface area contributed by atoms with E-state index in [0.717, 1.165) is 17.9 Å². The number of hydrogen-bond donors (Lipinski definition) is 0. The molecule has 31 heavy (non-hydrogen) atoms. The van der Waals surface area contributed by atoms with Gasteiger partial charge in [-0.3, -0.25) is 4.79 Å². The van der Waals surface area contributed by atoms with Crippen LogP contribution in [0.4, 0.5) is 0 Å². The van der Waals surface area contributed by atoms with Crippen LogP contribution in [0, 0.1) is 34.5 Å². The van der Waals surface area contributed by atoms with E-state index >= 15 is 0 Å². The number of hydrogen-bond acceptors (Lipinski definition) is 2. The normalized spacial score (nSPS) is 42.8. The van der Waals surface area contributed by atoms with Gasteiger partial charge in [0.1, 0.15) is 0 Å². The third kappa shape index (κ3) is 3.57. The maximum Gasteiger partial charge on any atom is 0.192 e. The molecule has 0 aliphatic heterocycles. The van der Waals surface area contributed by atoms with Gasteiger partial charge in [0.05, 0.1) is 0 Å². The van der Waals surface area contributed by atoms with Gasteiger partial charge in [-0.05, 0) is 104 Å². The highest BCUT2D eigenvalue weighted by molar-refractivity contribution is 6.74. The number of fused-ring (bicyclic) bond motifs is 5. The molecular weight excluding hydrogens is 396 g/mol. The first kappa shape index (κ1) is 23.5. The van der Waals surface area contributed by atoms with Crippen LogP contribution in [0.2, 0.25) is 18.1 Å². The Hall–Kier alpha value is -0.673. The Labute approximate surface area is 192 Å². The molecule has 4 unspecified atom stereocenters. The Kier molecular flexibility index (Phi) is 5.62. The van der Waals surface area contributed by atoms with E-state index in [0.29, 0.717) is 35.1 Å². The van der Waals surface area contributed by atoms with Crippen LogP contribution in [-0.4, -0.2) is 20.2 Å². The third-order valence-electron chi connectivity index (χ3n) is 10.6. The summed E-state index contributed by atoms with van der Waals surface area (Å²) in [6.45, 7) is 21.0. The summed E-state index contributed by atoms with van der Waals surface area (Å²) in [5, 5.41) is 0.271. The lowest BCUT2D eigenvalue weighted by atomic mass is 9.46. The van der Waals surface area contributed by atoms with Crippen LogP contribution in [0.15, 0.2) is 23.3 Å². The average Bonchev–Trinajstić information content (AvgIpc) is 2.92. The fourth-order valence-electron chi connectivity index (χ4n) is 7.94. The maximum absolute atomic E-state index is 12.4. The van der Waals surface area contributed by atoms with Crippen LogP contribution in [0.5, 0.6) is 0 Å². The molecule has 0 heterocycles. The standard InChI is InChI=1S/C28H46O2Si/c1-18-16-24(19(2)29)28(7)15-13-23-22(25(18)28)11-10-20-17-21(12-14-27(20,23)6)30-31(8,9)26(3,4)5/h10,16,18,21-23,25H,11-15,17H2,1-9H3/t18?,21-,22?,23?,25?,27-,28+/m0/s1. The summed E-state index contributed by atoms with van der Waals surface area (Å²) >= 11 is 0. The fraction of sp³-hybridized carbons (Fsp3) is 0.821. The largest absolute Gasteiger partial charge is 0.414 e. The van der Waals surface area contributed by atoms with Crippen molar-refractivity contribution >= 4 is 14.1 Å². The first-order chi connectivity index (χ1) is 14.2. The van der Waals surface area contributed by atoms with Crippen molar-refractivity contribution in [2.75, 3.05) is 0 Å². The minimum absolute atomic E-state index is 0.0940. The number of Topliss-reactive ketones (excluding diaryl/α,β-unsaturated/α-hetero) is 1. The Morgan fingerprint density at radius 3 is 2.39 bits per heavy atom. The molecule has 4 aliphatic carbocycles. The second kappa shape index (κ2) is 7.42. The molecule has 0 N–H and O–H groups in total. The van der Waals surface area contributed by atoms with E-state index in [1.165, 1.54) is 32.1 Å². The third-order valence-corrected chi connectivity index (χ3v) is 15.1. The van der Waals surface area contributed by atoms with E-state index in [4.69, 9.17) is 4.43 Å². The zero-order valence-corrected chi connectivity index (χ0v) is 22.6. The van der Waals surface area contributed by atoms with Crippen molar-refractivity contribution in [2.45, 2.75) is 111 Å². The van der Waals surface area contributed by atoms with Gasteiger partial charge < -0.3 is 4.43 Å². The van der Waals surface area contributed by atoms with Gasteiger partial charge in [0.2, 0.25) is 0 Å². The summed E-state index contributed by atoms with van der Waals surface area (Å²) in [5.41, 5.74) is 3.25. The van der Waals surface area contributed by atoms with Crippen LogP contribution in [0.25, 0.3) is 0 Å². The summed E-state index contributed by atoms with van der Waals surface area (Å²) in [6, 6.07) is 0. The van der Waals surface area contributed by atoms with Gasteiger partial charge in [-0.2, -0.15) is 0 Å². The molecule has 0 saturated heterocycles. The van der Waals surface area contributed by atoms with Crippen LogP contribution < -0.4 is 0 Å². The SMILES string of the molecule is CC(=O)C1=CC(C)C2C3CC=C4C[C@@H](O[Si](C)(C)C(C)(C)C)CC[C@]4(C)C3CC[C@]12C. The van der Waals surface area contributed by atoms with Crippen LogP contribution in [-0.2, 0) is 9.22 Å². The summed E-state index contributed by atoms with van der Waals surface area (Å²) in [6.07, 6.45) is 12.6. The molecule has 2 saturated carbocycles. The molecular formula is C28H46O2Si. The molecule has 2 nitrogen and oxygen atoms in total. The minimum atomic E-state index is -1.73. The smallest absolute Gasteiger partial charge is 0.192 e. The van der Waals surface area contributed by atoms with E-state index in [1.54, 1.807) is 12.5 Å². The number of rotatable bonds is 3. The van der Waals surface area contributed by atoms with Gasteiger partial charge >= 0.3 is 0 Å². The van der Waals surface area contributed by atoms with Gasteiger partial charge in [-0.15, -0.1) is 0 Å². The molecule has 0 radical (unpaired) electrons. The van der Waals surface area contributed by atoms with Crippen molar-refractivity contribution in [3.63, 3.8) is 0 Å². The number of allylic oxidation sites excluding steroid dienone is 3. The topological polar surface area (TPSA) is 26.3 Å². The van der Waals surface area contributed by atoms with Gasteiger partial charge in [-0.1, -0.05) is 59.3 Å². The van der Waals surface area contributed by atoms with Crippen LogP contribution in [0.1, 0.15) is 87.0 Å². The first-order valence-corrected chi connectivity index (χ1v) is 15.7. The number of carbonyl (C=O) groups excluding carboxylic acids is 1. The molecule has 0 amide bonds. The quantitative estimate of drug-likeness (QED) is 0.330. The lowest BCUT2D eigenvalue weighted by Crippen LogP contribution is -2.52. The summed E-state index contributed by atoms with van der Waals surface area (Å²) < 4.78 is 6.87. The van der Waals surface area contributed by atoms with Crippen LogP contribution >= 0.6 is 0 Å². The molecule has 4 rings (SSSR count). The number of carbonyl (C=O) groups is 1. The zero-order chi connectivity index (χ0) is 23.0. The molecule has 0 bridgehead atoms. The summed E-state index contributed by atoms with van der Waals surface area (Å²) in [4.78, 5) is 12.4. The maximum atomic E-state index is 12.4. The van der Waals surface area contributed by atoms with E-state index in [9.17, 15) is 4.79 Å². The van der Waals surface area contributed by atoms with Gasteiger partial charge in [0.15, 0.2) is 14.1 Å². The predicted molar refractivity (Wildman–Crippen MR) is 132 cm³/mol. The highest BCUT2D eigenvalue weighted by atomic mass is 28.4. The lowest BCUT2D eigenvalue weighted by molar-refractivity contribution is -0.116. The second-order valence-corrected chi connectivity index (χ2v) is 18.1. The van der Waals surface area contributed by atoms with E-state index < -0.39 is 8.32 Å². The average molecular weight is 443 g/mol. The van der Waals surface area contributed by atoms with Gasteiger partial charge in [0.25, 0.3) is 0 Å². The van der Waals surface area contributed by atoms with Crippen molar-refractivity contribution < 1.29 is 9.22 Å². The minimum Gasteiger partial charge on any atom is -0.414 e. The van der Waals surface area contributed by atoms with Crippen molar-refractivity contribution in [1.29, 1.82) is 0 Å². The highest BCUT2D eigenvalue weighted by Gasteiger charge is 2.59. The van der Waals surface area contributed by atoms with E-state index in [2.05, 4.69) is 66.8 Å². The van der Waals surface area contributed by atoms with Crippen molar-refractivity contribution in [3.8, 4) is 0 Å². The molecule has 7 atom stereocenters. The second-order valence-electron chi connectivity index (χ2n) is 13.4. The monoisotopic (exact) mass is 442 g/mol. The van der Waals surface area contributed by atoms with E-state index in [1.807, 2.05) is 0 Å². The molecule has 0 aromatic heterocycles. The predicted octanol–water partition coefficient (Wildman–Crippen LogP) is 7.71.